The minimum atomic E-state index is 0.260. The molecule has 8 heteroatoms. The van der Waals surface area contributed by atoms with E-state index in [0.29, 0.717) is 0 Å². The van der Waals surface area contributed by atoms with Gasteiger partial charge in [0.2, 0.25) is 0 Å². The number of rotatable bonds is 0. The van der Waals surface area contributed by atoms with Gasteiger partial charge in [-0.15, -0.1) is 47.0 Å². The van der Waals surface area contributed by atoms with Crippen LogP contribution in [0.25, 0.3) is 0 Å². The Hall–Kier alpha value is 2.28. The fourth-order valence-corrected chi connectivity index (χ4v) is 25.3. The molecule has 0 aromatic heterocycles. The molecule has 0 aromatic carbocycles. The maximum absolute atomic E-state index is 2.31. The first kappa shape index (κ1) is 23.2. The zero-order valence-corrected chi connectivity index (χ0v) is 25.4. The molecule has 4 aliphatic carbocycles. The van der Waals surface area contributed by atoms with E-state index < -0.39 is 0 Å². The van der Waals surface area contributed by atoms with Crippen molar-refractivity contribution in [3.8, 4) is 0 Å². The van der Waals surface area contributed by atoms with Crippen LogP contribution in [-0.2, 0) is 0 Å². The summed E-state index contributed by atoms with van der Waals surface area (Å²) in [7, 11) is 0. The molecule has 0 saturated heterocycles. The van der Waals surface area contributed by atoms with E-state index in [-0.39, 0.29) is 2.74 Å². The highest BCUT2D eigenvalue weighted by molar-refractivity contribution is 8.60. The van der Waals surface area contributed by atoms with Crippen molar-refractivity contribution in [2.75, 3.05) is 0 Å². The first-order chi connectivity index (χ1) is 16.2. The van der Waals surface area contributed by atoms with Crippen molar-refractivity contribution in [2.24, 2.45) is 23.7 Å². The van der Waals surface area contributed by atoms with E-state index in [4.69, 9.17) is 0 Å². The number of hydrogen-bond donors (Lipinski definition) is 0. The van der Waals surface area contributed by atoms with Crippen molar-refractivity contribution < 1.29 is 0 Å². The molecule has 33 heavy (non-hydrogen) atoms. The average Bonchev–Trinajstić information content (AvgIpc) is 3.34. The van der Waals surface area contributed by atoms with Crippen LogP contribution >= 0.6 is 94.1 Å². The highest BCUT2D eigenvalue weighted by Crippen LogP contribution is 2.81. The Balaban J connectivity index is 0.959. The number of thioether (sulfide) groups is 8. The van der Waals surface area contributed by atoms with Gasteiger partial charge in [0.05, 0.1) is 16.9 Å². The van der Waals surface area contributed by atoms with Gasteiger partial charge < -0.3 is 0 Å². The van der Waals surface area contributed by atoms with Crippen molar-refractivity contribution in [3.63, 3.8) is 0 Å². The van der Waals surface area contributed by atoms with Crippen molar-refractivity contribution >= 4 is 94.1 Å². The molecule has 4 heterocycles. The normalized spacial score (nSPS) is 50.9. The van der Waals surface area contributed by atoms with Crippen LogP contribution in [0, 0.1) is 23.7 Å². The van der Waals surface area contributed by atoms with Gasteiger partial charge in [-0.25, -0.2) is 0 Å². The molecule has 8 unspecified atom stereocenters. The fourth-order valence-electron chi connectivity index (χ4n) is 7.69. The first-order valence-electron chi connectivity index (χ1n) is 13.1. The highest BCUT2D eigenvalue weighted by Gasteiger charge is 2.55. The standard InChI is InChI=1S/C25H32S8/c1-2-6-14-10-18-17(9-13(14)5-1)26-21-22(27-18)31-25(30-21)32-23-24(33-25)29-20-12-16-8-4-3-7-15(16)11-19(20)28-23/h13-20H,1-12H2. The van der Waals surface area contributed by atoms with Gasteiger partial charge in [0.15, 0.2) is 2.74 Å². The molecule has 1 spiro atoms. The second-order valence-corrected chi connectivity index (χ2v) is 23.7. The van der Waals surface area contributed by atoms with Crippen LogP contribution in [-0.4, -0.2) is 23.7 Å². The minimum absolute atomic E-state index is 0.260. The van der Waals surface area contributed by atoms with Crippen LogP contribution in [0.3, 0.4) is 0 Å². The summed E-state index contributed by atoms with van der Waals surface area (Å²) in [6, 6.07) is 0. The average molecular weight is 589 g/mol. The summed E-state index contributed by atoms with van der Waals surface area (Å²) in [6.07, 6.45) is 18.1. The van der Waals surface area contributed by atoms with Gasteiger partial charge in [0.1, 0.15) is 0 Å². The molecule has 8 atom stereocenters. The van der Waals surface area contributed by atoms with Crippen molar-refractivity contribution in [1.82, 2.24) is 0 Å². The van der Waals surface area contributed by atoms with E-state index in [9.17, 15) is 0 Å². The minimum Gasteiger partial charge on any atom is -0.113 e. The molecule has 8 aliphatic rings. The van der Waals surface area contributed by atoms with Crippen LogP contribution < -0.4 is 0 Å². The second kappa shape index (κ2) is 9.19. The van der Waals surface area contributed by atoms with Gasteiger partial charge in [-0.1, -0.05) is 98.4 Å². The topological polar surface area (TPSA) is 0 Å². The zero-order chi connectivity index (χ0) is 21.6. The van der Waals surface area contributed by atoms with Gasteiger partial charge >= 0.3 is 0 Å². The quantitative estimate of drug-likeness (QED) is 0.270. The third-order valence-electron chi connectivity index (χ3n) is 9.34. The lowest BCUT2D eigenvalue weighted by Gasteiger charge is -2.44. The van der Waals surface area contributed by atoms with E-state index in [1.54, 1.807) is 16.9 Å². The zero-order valence-electron chi connectivity index (χ0n) is 18.9. The molecule has 4 aliphatic heterocycles. The van der Waals surface area contributed by atoms with Crippen LogP contribution in [0.15, 0.2) is 16.9 Å². The van der Waals surface area contributed by atoms with Gasteiger partial charge in [-0.2, -0.15) is 0 Å². The molecule has 0 aromatic rings. The Kier molecular flexibility index (Phi) is 6.46. The molecular weight excluding hydrogens is 557 g/mol. The molecule has 4 fully saturated rings. The third-order valence-corrected chi connectivity index (χ3v) is 23.4. The molecule has 8 rings (SSSR count). The van der Waals surface area contributed by atoms with Gasteiger partial charge in [0, 0.05) is 21.0 Å². The summed E-state index contributed by atoms with van der Waals surface area (Å²) in [5.41, 5.74) is 0. The Morgan fingerprint density at radius 3 is 0.970 bits per heavy atom. The smallest absolute Gasteiger partial charge is 0.113 e. The summed E-state index contributed by atoms with van der Waals surface area (Å²) in [5.74, 6) is 4.19. The van der Waals surface area contributed by atoms with E-state index in [1.807, 2.05) is 0 Å². The van der Waals surface area contributed by atoms with E-state index in [0.717, 1.165) is 44.7 Å². The summed E-state index contributed by atoms with van der Waals surface area (Å²) in [4.78, 5) is 0. The van der Waals surface area contributed by atoms with Crippen molar-refractivity contribution in [3.05, 3.63) is 16.9 Å². The van der Waals surface area contributed by atoms with E-state index >= 15 is 0 Å². The lowest BCUT2D eigenvalue weighted by atomic mass is 9.70. The maximum Gasteiger partial charge on any atom is 0.173 e. The third kappa shape index (κ3) is 4.19. The Morgan fingerprint density at radius 1 is 0.424 bits per heavy atom. The molecule has 180 valence electrons. The van der Waals surface area contributed by atoms with Crippen molar-refractivity contribution in [1.29, 1.82) is 0 Å². The van der Waals surface area contributed by atoms with Crippen LogP contribution in [0.5, 0.6) is 0 Å². The van der Waals surface area contributed by atoms with E-state index in [2.05, 4.69) is 94.1 Å². The van der Waals surface area contributed by atoms with Gasteiger partial charge in [0.25, 0.3) is 0 Å². The first-order valence-corrected chi connectivity index (χ1v) is 19.9. The van der Waals surface area contributed by atoms with Gasteiger partial charge in [-0.3, -0.25) is 0 Å². The molecule has 0 nitrogen and oxygen atoms in total. The SMILES string of the molecule is C1CCC2CC3SC4=C(SC3CC2C1)SC1(S4)SC2=C(SC3CC4CCCCC4CC3S2)S1. The molecule has 4 saturated carbocycles. The Bertz CT molecular complexity index is 753. The van der Waals surface area contributed by atoms with Crippen LogP contribution in [0.4, 0.5) is 0 Å². The number of hydrogen-bond acceptors (Lipinski definition) is 8. The summed E-state index contributed by atoms with van der Waals surface area (Å²) < 4.78 is 7.09. The maximum atomic E-state index is 2.31. The lowest BCUT2D eigenvalue weighted by molar-refractivity contribution is 0.179. The van der Waals surface area contributed by atoms with Crippen molar-refractivity contribution in [2.45, 2.75) is 101 Å². The lowest BCUT2D eigenvalue weighted by Crippen LogP contribution is -2.38. The molecule has 0 radical (unpaired) electrons. The summed E-state index contributed by atoms with van der Waals surface area (Å²) >= 11 is 18.3. The number of fused-ring (bicyclic) bond motifs is 4. The summed E-state index contributed by atoms with van der Waals surface area (Å²) in [6.45, 7) is 0. The Labute approximate surface area is 233 Å². The predicted octanol–water partition coefficient (Wildman–Crippen LogP) is 10.4. The fraction of sp³-hybridized carbons (Fsp3) is 0.840. The van der Waals surface area contributed by atoms with Crippen LogP contribution in [0.1, 0.15) is 77.0 Å². The summed E-state index contributed by atoms with van der Waals surface area (Å²) in [5, 5.41) is 3.58. The molecule has 0 N–H and O–H groups in total. The molecular formula is C25H32S8. The molecule has 0 bridgehead atoms. The van der Waals surface area contributed by atoms with Crippen LogP contribution in [0.2, 0.25) is 0 Å². The van der Waals surface area contributed by atoms with E-state index in [1.165, 1.54) is 77.0 Å². The molecule has 0 amide bonds. The van der Waals surface area contributed by atoms with Gasteiger partial charge in [-0.05, 0) is 49.4 Å². The second-order valence-electron chi connectivity index (χ2n) is 11.2. The monoisotopic (exact) mass is 588 g/mol. The Morgan fingerprint density at radius 2 is 0.697 bits per heavy atom. The predicted molar refractivity (Wildman–Crippen MR) is 162 cm³/mol. The largest absolute Gasteiger partial charge is 0.173 e. The highest BCUT2D eigenvalue weighted by atomic mass is 32.3.